The number of nitrogens with zero attached hydrogens (tertiary/aromatic N) is 4. The van der Waals surface area contributed by atoms with Gasteiger partial charge in [-0.25, -0.2) is 9.97 Å². The third kappa shape index (κ3) is 8.68. The van der Waals surface area contributed by atoms with Crippen molar-refractivity contribution < 1.29 is 28.8 Å². The first-order chi connectivity index (χ1) is 36.7. The Kier molecular flexibility index (Phi) is 14.2. The lowest BCUT2D eigenvalue weighted by Crippen LogP contribution is -2.50. The van der Waals surface area contributed by atoms with Gasteiger partial charge in [-0.15, -0.1) is 0 Å². The molecule has 2 saturated heterocycles. The van der Waals surface area contributed by atoms with E-state index in [4.69, 9.17) is 0 Å². The van der Waals surface area contributed by atoms with E-state index < -0.39 is 10.8 Å². The average Bonchev–Trinajstić information content (AvgIpc) is 4.26. The highest BCUT2D eigenvalue weighted by molar-refractivity contribution is 6.08. The van der Waals surface area contributed by atoms with Crippen molar-refractivity contribution in [3.05, 3.63) is 189 Å². The molecular formula is C65H70N6O6. The summed E-state index contributed by atoms with van der Waals surface area (Å²) in [7, 11) is 0. The van der Waals surface area contributed by atoms with Gasteiger partial charge >= 0.3 is 0 Å². The van der Waals surface area contributed by atoms with Crippen molar-refractivity contribution in [2.24, 2.45) is 11.8 Å². The van der Waals surface area contributed by atoms with E-state index in [2.05, 4.69) is 72.6 Å². The van der Waals surface area contributed by atoms with Crippen LogP contribution in [-0.4, -0.2) is 80.1 Å². The van der Waals surface area contributed by atoms with Crippen LogP contribution >= 0.6 is 0 Å². The molecule has 4 aliphatic heterocycles. The zero-order chi connectivity index (χ0) is 53.2. The van der Waals surface area contributed by atoms with Gasteiger partial charge in [-0.2, -0.15) is 0 Å². The minimum absolute atomic E-state index is 0. The molecule has 396 valence electrons. The van der Waals surface area contributed by atoms with Gasteiger partial charge in [-0.05, 0) is 111 Å². The summed E-state index contributed by atoms with van der Waals surface area (Å²) < 4.78 is 0. The second-order valence-corrected chi connectivity index (χ2v) is 22.2. The maximum atomic E-state index is 13.6. The Morgan fingerprint density at radius 3 is 1.31 bits per heavy atom. The van der Waals surface area contributed by atoms with Gasteiger partial charge in [0.1, 0.15) is 11.6 Å². The molecule has 12 nitrogen and oxygen atoms in total. The number of rotatable bonds is 10. The monoisotopic (exact) mass is 1030 g/mol. The number of ketones is 2. The Morgan fingerprint density at radius 2 is 0.935 bits per heavy atom. The highest BCUT2D eigenvalue weighted by Gasteiger charge is 2.57. The normalized spacial score (nSPS) is 27.5. The molecule has 0 unspecified atom stereocenters. The smallest absolute Gasteiger partial charge is 0.237 e. The van der Waals surface area contributed by atoms with E-state index in [1.165, 1.54) is 11.1 Å². The van der Waals surface area contributed by atoms with Gasteiger partial charge in [0.15, 0.2) is 11.6 Å². The number of Topliss-reactive ketones (excluding diaryl/α,β-unsaturated/α-hetero) is 2. The molecular weight excluding hydrogens is 961 g/mol. The summed E-state index contributed by atoms with van der Waals surface area (Å²) in [6, 6.07) is 40.1. The van der Waals surface area contributed by atoms with E-state index in [1.54, 1.807) is 12.4 Å². The van der Waals surface area contributed by atoms with E-state index in [1.807, 2.05) is 121 Å². The average molecular weight is 1030 g/mol. The fraction of sp³-hybridized carbons (Fsp3) is 0.385. The summed E-state index contributed by atoms with van der Waals surface area (Å²) in [6.07, 6.45) is 6.18. The van der Waals surface area contributed by atoms with Crippen molar-refractivity contribution in [1.29, 1.82) is 0 Å². The van der Waals surface area contributed by atoms with Crippen molar-refractivity contribution in [3.8, 4) is 0 Å². The Morgan fingerprint density at radius 1 is 0.545 bits per heavy atom. The third-order valence-electron chi connectivity index (χ3n) is 18.6. The minimum atomic E-state index is -0.701. The first kappa shape index (κ1) is 52.8. The van der Waals surface area contributed by atoms with Crippen molar-refractivity contribution >= 4 is 46.8 Å². The Bertz CT molecular complexity index is 3090. The number of amides is 4. The van der Waals surface area contributed by atoms with Crippen LogP contribution in [0.4, 0.5) is 11.6 Å². The van der Waals surface area contributed by atoms with Crippen LogP contribution < -0.4 is 10.6 Å². The molecule has 77 heavy (non-hydrogen) atoms. The van der Waals surface area contributed by atoms with Gasteiger partial charge in [-0.1, -0.05) is 118 Å². The lowest BCUT2D eigenvalue weighted by molar-refractivity contribution is -0.142. The zero-order valence-electron chi connectivity index (χ0n) is 44.2. The fourth-order valence-electron chi connectivity index (χ4n) is 14.4. The highest BCUT2D eigenvalue weighted by Crippen LogP contribution is 2.55. The third-order valence-corrected chi connectivity index (χ3v) is 18.6. The number of hydrogen-bond acceptors (Lipinski definition) is 8. The van der Waals surface area contributed by atoms with E-state index >= 15 is 0 Å². The Labute approximate surface area is 452 Å². The number of likely N-dealkylation sites (N-methyl/N-ethyl adjacent to an activating group) is 2. The summed E-state index contributed by atoms with van der Waals surface area (Å²) in [5, 5.41) is 5.93. The fourth-order valence-corrected chi connectivity index (χ4v) is 14.4. The number of carbonyl (C=O) groups excluding carboxylic acids is 6. The molecule has 2 N–H and O–H groups in total. The van der Waals surface area contributed by atoms with Crippen LogP contribution in [0.15, 0.2) is 134 Å². The summed E-state index contributed by atoms with van der Waals surface area (Å²) in [5.41, 5.74) is 8.34. The molecule has 6 aromatic rings. The summed E-state index contributed by atoms with van der Waals surface area (Å²) in [5.74, 6) is 0.945. The predicted molar refractivity (Wildman–Crippen MR) is 299 cm³/mol. The van der Waals surface area contributed by atoms with E-state index in [-0.39, 0.29) is 103 Å². The molecule has 4 amide bonds. The molecule has 0 saturated carbocycles. The minimum Gasteiger partial charge on any atom is -0.339 e. The van der Waals surface area contributed by atoms with Gasteiger partial charge < -0.3 is 20.4 Å². The summed E-state index contributed by atoms with van der Waals surface area (Å²) in [6.45, 7) is 13.7. The molecule has 10 atom stereocenters. The Balaban J connectivity index is 0.000000172. The number of anilines is 2. The largest absolute Gasteiger partial charge is 0.339 e. The van der Waals surface area contributed by atoms with Gasteiger partial charge in [0.2, 0.25) is 23.6 Å². The van der Waals surface area contributed by atoms with Crippen LogP contribution in [0.3, 0.4) is 0 Å². The second kappa shape index (κ2) is 20.7. The summed E-state index contributed by atoms with van der Waals surface area (Å²) in [4.78, 5) is 93.0. The molecule has 4 aromatic carbocycles. The predicted octanol–water partition coefficient (Wildman–Crippen LogP) is 11.1. The van der Waals surface area contributed by atoms with Crippen LogP contribution in [0.25, 0.3) is 0 Å². The van der Waals surface area contributed by atoms with Crippen LogP contribution in [0.1, 0.15) is 164 Å². The van der Waals surface area contributed by atoms with Crippen molar-refractivity contribution in [1.82, 2.24) is 19.8 Å². The first-order valence-corrected chi connectivity index (χ1v) is 27.3. The van der Waals surface area contributed by atoms with Crippen molar-refractivity contribution in [2.45, 2.75) is 134 Å². The molecule has 6 aliphatic rings. The van der Waals surface area contributed by atoms with Crippen LogP contribution in [0.2, 0.25) is 0 Å². The number of hydrogen-bond donors (Lipinski definition) is 2. The number of likely N-dealkylation sites (tertiary alicyclic amines) is 2. The zero-order valence-corrected chi connectivity index (χ0v) is 44.2. The number of carbonyl (C=O) groups is 6. The maximum absolute atomic E-state index is 13.6. The van der Waals surface area contributed by atoms with Crippen LogP contribution in [-0.2, 0) is 42.8 Å². The molecule has 12 heteroatoms. The van der Waals surface area contributed by atoms with Crippen molar-refractivity contribution in [2.75, 3.05) is 23.7 Å². The molecule has 6 heterocycles. The standard InChI is InChI=1S/2C32H33N3O3.CH4/c2*1-4-35-20(3)26(21-9-6-5-7-10-21)16-23(30(35)37)17-28(36)22-12-13-25-19(2)32(18-24(25)15-22)27-11-8-14-33-29(27)34-31(32)38;/h2*5-15,19-20,23,26H,4,16-18H2,1-3H3,(H,33,34,38);1H4/t19-,20+,23+,26+,32+;19-,20-,23-,26-,32+;/m01./s1. The molecule has 2 spiro atoms. The maximum Gasteiger partial charge on any atom is 0.237 e. The number of benzene rings is 4. The van der Waals surface area contributed by atoms with E-state index in [0.29, 0.717) is 61.5 Å². The van der Waals surface area contributed by atoms with Gasteiger partial charge in [0.25, 0.3) is 0 Å². The molecule has 2 aliphatic carbocycles. The molecule has 12 rings (SSSR count). The molecule has 2 fully saturated rings. The van der Waals surface area contributed by atoms with Crippen molar-refractivity contribution in [3.63, 3.8) is 0 Å². The lowest BCUT2D eigenvalue weighted by atomic mass is 9.73. The second-order valence-electron chi connectivity index (χ2n) is 22.2. The number of fused-ring (bicyclic) bond motifs is 6. The topological polar surface area (TPSA) is 159 Å². The number of piperidine rings is 2. The number of pyridine rings is 2. The lowest BCUT2D eigenvalue weighted by Gasteiger charge is -2.42. The summed E-state index contributed by atoms with van der Waals surface area (Å²) >= 11 is 0. The van der Waals surface area contributed by atoms with Gasteiger partial charge in [-0.3, -0.25) is 28.8 Å². The number of aromatic nitrogens is 2. The quantitative estimate of drug-likeness (QED) is 0.128. The van der Waals surface area contributed by atoms with Gasteiger partial charge in [0, 0.05) is 108 Å². The Hall–Kier alpha value is -7.60. The number of nitrogens with one attached hydrogen (secondary N) is 2. The SMILES string of the molecule is C.CCN1C(=O)[C@@H](CC(=O)c2ccc3c(c2)C[C@@]2(C(=O)Nc4ncccc42)[C@H]3C)C[C@@H](c2ccccc2)[C@H]1C.CCN1C(=O)[C@@H](CC(=O)c2ccc3c(c2)C[C@]2(C(=O)Nc4ncccc42)[C@@H]3C)C[C@@H](c2ccccc2)[C@H]1C. The molecule has 0 radical (unpaired) electrons. The molecule has 0 bridgehead atoms. The van der Waals surface area contributed by atoms with Crippen LogP contribution in [0.5, 0.6) is 0 Å². The van der Waals surface area contributed by atoms with Crippen LogP contribution in [0, 0.1) is 11.8 Å². The first-order valence-electron chi connectivity index (χ1n) is 27.3. The van der Waals surface area contributed by atoms with E-state index in [9.17, 15) is 28.8 Å². The van der Waals surface area contributed by atoms with E-state index in [0.717, 1.165) is 33.4 Å². The highest BCUT2D eigenvalue weighted by atomic mass is 16.2. The molecule has 2 aromatic heterocycles. The van der Waals surface area contributed by atoms with Gasteiger partial charge in [0.05, 0.1) is 10.8 Å².